The Kier molecular flexibility index (Phi) is 3.63. The van der Waals surface area contributed by atoms with Crippen LogP contribution in [0, 0.1) is 23.2 Å². The Morgan fingerprint density at radius 2 is 1.90 bits per heavy atom. The average molecular weight is 280 g/mol. The van der Waals surface area contributed by atoms with Crippen LogP contribution in [0.25, 0.3) is 0 Å². The third kappa shape index (κ3) is 2.01. The van der Waals surface area contributed by atoms with Gasteiger partial charge in [0.15, 0.2) is 0 Å². The third-order valence-corrected chi connectivity index (χ3v) is 6.24. The lowest BCUT2D eigenvalue weighted by Gasteiger charge is -2.36. The summed E-state index contributed by atoms with van der Waals surface area (Å²) in [5.41, 5.74) is 0.690. The number of hydrogen-bond acceptors (Lipinski definition) is 3. The summed E-state index contributed by atoms with van der Waals surface area (Å²) >= 11 is 0. The summed E-state index contributed by atoms with van der Waals surface area (Å²) in [7, 11) is 0. The van der Waals surface area contributed by atoms with Gasteiger partial charge in [-0.2, -0.15) is 0 Å². The highest BCUT2D eigenvalue weighted by atomic mass is 16.4. The smallest absolute Gasteiger partial charge is 0.331 e. The van der Waals surface area contributed by atoms with Crippen molar-refractivity contribution in [1.82, 2.24) is 0 Å². The van der Waals surface area contributed by atoms with Gasteiger partial charge in [0.1, 0.15) is 0 Å². The number of aliphatic hydroxyl groups is 2. The van der Waals surface area contributed by atoms with Crippen LogP contribution in [0.1, 0.15) is 44.9 Å². The average Bonchev–Trinajstić information content (AvgIpc) is 3.11. The molecular weight excluding hydrogens is 256 g/mol. The minimum Gasteiger partial charge on any atom is -0.478 e. The largest absolute Gasteiger partial charge is 0.478 e. The van der Waals surface area contributed by atoms with E-state index < -0.39 is 5.97 Å². The van der Waals surface area contributed by atoms with Gasteiger partial charge in [-0.15, -0.1) is 0 Å². The van der Waals surface area contributed by atoms with Gasteiger partial charge >= 0.3 is 5.97 Å². The second-order valence-corrected chi connectivity index (χ2v) is 6.95. The molecular formula is C16H24O4. The Hall–Kier alpha value is -0.870. The van der Waals surface area contributed by atoms with Gasteiger partial charge in [0.25, 0.3) is 0 Å². The molecule has 0 aromatic heterocycles. The summed E-state index contributed by atoms with van der Waals surface area (Å²) in [6.45, 7) is -0.711. The fourth-order valence-corrected chi connectivity index (χ4v) is 5.45. The van der Waals surface area contributed by atoms with Crippen molar-refractivity contribution in [2.45, 2.75) is 44.9 Å². The number of aliphatic carboxylic acids is 1. The van der Waals surface area contributed by atoms with Crippen molar-refractivity contribution in [3.05, 3.63) is 11.1 Å². The highest BCUT2D eigenvalue weighted by Gasteiger charge is 2.58. The maximum Gasteiger partial charge on any atom is 0.331 e. The number of hydrogen-bond donors (Lipinski definition) is 3. The van der Waals surface area contributed by atoms with E-state index in [0.717, 1.165) is 24.7 Å². The van der Waals surface area contributed by atoms with Crippen molar-refractivity contribution in [3.8, 4) is 0 Å². The second-order valence-electron chi connectivity index (χ2n) is 6.95. The first-order chi connectivity index (χ1) is 9.61. The van der Waals surface area contributed by atoms with E-state index >= 15 is 0 Å². The van der Waals surface area contributed by atoms with Crippen LogP contribution in [0.15, 0.2) is 11.1 Å². The summed E-state index contributed by atoms with van der Waals surface area (Å²) in [6, 6.07) is 0. The van der Waals surface area contributed by atoms with E-state index in [1.54, 1.807) is 0 Å². The van der Waals surface area contributed by atoms with Crippen LogP contribution in [-0.2, 0) is 4.79 Å². The molecule has 3 fully saturated rings. The van der Waals surface area contributed by atoms with E-state index in [1.165, 1.54) is 25.7 Å². The van der Waals surface area contributed by atoms with E-state index in [9.17, 15) is 20.1 Å². The van der Waals surface area contributed by atoms with Crippen molar-refractivity contribution in [1.29, 1.82) is 0 Å². The normalized spacial score (nSPS) is 38.0. The molecule has 3 aliphatic rings. The molecule has 3 rings (SSSR count). The molecule has 3 N–H and O–H groups in total. The molecule has 0 aromatic carbocycles. The third-order valence-electron chi connectivity index (χ3n) is 6.24. The van der Waals surface area contributed by atoms with E-state index in [1.807, 2.05) is 0 Å². The molecule has 0 heterocycles. The minimum absolute atomic E-state index is 0.134. The maximum absolute atomic E-state index is 11.5. The zero-order valence-electron chi connectivity index (χ0n) is 11.8. The first-order valence-corrected chi connectivity index (χ1v) is 7.77. The number of carboxylic acid groups (broad SMARTS) is 1. The van der Waals surface area contributed by atoms with Crippen molar-refractivity contribution in [2.24, 2.45) is 23.2 Å². The molecule has 20 heavy (non-hydrogen) atoms. The first kappa shape index (κ1) is 14.1. The summed E-state index contributed by atoms with van der Waals surface area (Å²) in [5.74, 6) is 1.31. The van der Waals surface area contributed by atoms with Crippen LogP contribution in [0.3, 0.4) is 0 Å². The Bertz CT molecular complexity index is 436. The van der Waals surface area contributed by atoms with Gasteiger partial charge in [0, 0.05) is 5.57 Å². The van der Waals surface area contributed by atoms with Crippen LogP contribution < -0.4 is 0 Å². The second kappa shape index (κ2) is 5.15. The van der Waals surface area contributed by atoms with Gasteiger partial charge in [-0.05, 0) is 67.3 Å². The summed E-state index contributed by atoms with van der Waals surface area (Å²) < 4.78 is 0. The number of carboxylic acids is 1. The molecule has 4 heteroatoms. The highest BCUT2D eigenvalue weighted by Crippen LogP contribution is 2.67. The van der Waals surface area contributed by atoms with Crippen LogP contribution in [0.2, 0.25) is 0 Å². The lowest BCUT2D eigenvalue weighted by Crippen LogP contribution is -2.30. The van der Waals surface area contributed by atoms with Crippen molar-refractivity contribution >= 4 is 5.97 Å². The van der Waals surface area contributed by atoms with E-state index in [4.69, 9.17) is 0 Å². The van der Waals surface area contributed by atoms with Gasteiger partial charge in [-0.3, -0.25) is 0 Å². The van der Waals surface area contributed by atoms with Gasteiger partial charge in [0.05, 0.1) is 13.2 Å². The summed E-state index contributed by atoms with van der Waals surface area (Å²) in [6.07, 6.45) is 7.89. The molecule has 0 amide bonds. The van der Waals surface area contributed by atoms with Gasteiger partial charge in [-0.25, -0.2) is 4.79 Å². The van der Waals surface area contributed by atoms with Gasteiger partial charge in [-0.1, -0.05) is 6.42 Å². The molecule has 3 saturated carbocycles. The Morgan fingerprint density at radius 1 is 1.15 bits per heavy atom. The van der Waals surface area contributed by atoms with Crippen LogP contribution >= 0.6 is 0 Å². The molecule has 4 nitrogen and oxygen atoms in total. The fraction of sp³-hybridized carbons (Fsp3) is 0.812. The molecule has 4 atom stereocenters. The topological polar surface area (TPSA) is 77.8 Å². The molecule has 112 valence electrons. The lowest BCUT2D eigenvalue weighted by molar-refractivity contribution is -0.133. The molecule has 2 bridgehead atoms. The maximum atomic E-state index is 11.5. The van der Waals surface area contributed by atoms with Crippen molar-refractivity contribution in [3.63, 3.8) is 0 Å². The predicted octanol–water partition coefficient (Wildman–Crippen LogP) is 1.96. The molecule has 0 aromatic rings. The van der Waals surface area contributed by atoms with Crippen LogP contribution in [-0.4, -0.2) is 34.5 Å². The van der Waals surface area contributed by atoms with Crippen LogP contribution in [0.5, 0.6) is 0 Å². The minimum atomic E-state index is -0.970. The van der Waals surface area contributed by atoms with E-state index in [-0.39, 0.29) is 29.8 Å². The first-order valence-electron chi connectivity index (χ1n) is 7.77. The Morgan fingerprint density at radius 3 is 2.55 bits per heavy atom. The number of aliphatic hydroxyl groups excluding tert-OH is 2. The molecule has 0 spiro atoms. The standard InChI is InChI=1S/C16H24O4/c17-8-11(9-18)13(15(19)20)7-16-5-4-10(6-16)12-2-1-3-14(12)16/h10,12,14,17-18H,1-9H2,(H,19,20). The summed E-state index contributed by atoms with van der Waals surface area (Å²) in [4.78, 5) is 11.5. The molecule has 0 saturated heterocycles. The Labute approximate surface area is 119 Å². The van der Waals surface area contributed by atoms with Gasteiger partial charge < -0.3 is 15.3 Å². The van der Waals surface area contributed by atoms with Crippen molar-refractivity contribution < 1.29 is 20.1 Å². The molecule has 4 unspecified atom stereocenters. The lowest BCUT2D eigenvalue weighted by atomic mass is 9.68. The van der Waals surface area contributed by atoms with Gasteiger partial charge in [0.2, 0.25) is 0 Å². The zero-order chi connectivity index (χ0) is 14.3. The Balaban J connectivity index is 1.89. The number of carbonyl (C=O) groups is 1. The quantitative estimate of drug-likeness (QED) is 0.673. The molecule has 0 aliphatic heterocycles. The highest BCUT2D eigenvalue weighted by molar-refractivity contribution is 5.87. The van der Waals surface area contributed by atoms with Crippen molar-refractivity contribution in [2.75, 3.05) is 13.2 Å². The number of rotatable bonds is 5. The fourth-order valence-electron chi connectivity index (χ4n) is 5.45. The van der Waals surface area contributed by atoms with Crippen LogP contribution in [0.4, 0.5) is 0 Å². The van der Waals surface area contributed by atoms with E-state index in [2.05, 4.69) is 0 Å². The summed E-state index contributed by atoms with van der Waals surface area (Å²) in [5, 5.41) is 28.0. The SMILES string of the molecule is O=C(O)C(CC12CCC(C1)C1CCCC12)=C(CO)CO. The number of fused-ring (bicyclic) bond motifs is 5. The predicted molar refractivity (Wildman–Crippen MR) is 74.1 cm³/mol. The monoisotopic (exact) mass is 280 g/mol. The van der Waals surface area contributed by atoms with E-state index in [0.29, 0.717) is 12.3 Å². The molecule has 3 aliphatic carbocycles. The molecule has 0 radical (unpaired) electrons. The zero-order valence-corrected chi connectivity index (χ0v) is 11.8.